The maximum absolute atomic E-state index is 12.4. The molecule has 1 aliphatic rings. The molecular formula is C10H10Cl3NO3S. The Morgan fingerprint density at radius 2 is 1.56 bits per heavy atom. The lowest BCUT2D eigenvalue weighted by molar-refractivity contribution is 0.0730. The summed E-state index contributed by atoms with van der Waals surface area (Å²) in [5, 5.41) is 0.450. The topological polar surface area (TPSA) is 46.6 Å². The van der Waals surface area contributed by atoms with E-state index < -0.39 is 10.0 Å². The Hall–Kier alpha value is -0.0400. The van der Waals surface area contributed by atoms with Crippen molar-refractivity contribution in [1.82, 2.24) is 4.31 Å². The van der Waals surface area contributed by atoms with Gasteiger partial charge in [-0.05, 0) is 12.1 Å². The highest BCUT2D eigenvalue weighted by molar-refractivity contribution is 7.89. The molecule has 1 aromatic rings. The molecule has 1 heterocycles. The highest BCUT2D eigenvalue weighted by Crippen LogP contribution is 2.33. The number of nitrogens with zero attached hydrogens (tertiary/aromatic N) is 1. The van der Waals surface area contributed by atoms with E-state index in [0.29, 0.717) is 26.3 Å². The summed E-state index contributed by atoms with van der Waals surface area (Å²) in [5.41, 5.74) is 0. The normalized spacial score (nSPS) is 17.9. The van der Waals surface area contributed by atoms with Crippen molar-refractivity contribution in [3.05, 3.63) is 27.2 Å². The average molecular weight is 331 g/mol. The lowest BCUT2D eigenvalue weighted by Gasteiger charge is -2.26. The first-order chi connectivity index (χ1) is 8.43. The molecule has 1 saturated heterocycles. The summed E-state index contributed by atoms with van der Waals surface area (Å²) >= 11 is 17.5. The van der Waals surface area contributed by atoms with Crippen molar-refractivity contribution < 1.29 is 13.2 Å². The number of rotatable bonds is 2. The van der Waals surface area contributed by atoms with Crippen LogP contribution in [0, 0.1) is 0 Å². The monoisotopic (exact) mass is 329 g/mol. The van der Waals surface area contributed by atoms with Crippen LogP contribution in [0.5, 0.6) is 0 Å². The second-order valence-electron chi connectivity index (χ2n) is 3.71. The fraction of sp³-hybridized carbons (Fsp3) is 0.400. The predicted molar refractivity (Wildman–Crippen MR) is 71.0 cm³/mol. The maximum Gasteiger partial charge on any atom is 0.244 e. The van der Waals surface area contributed by atoms with Crippen LogP contribution < -0.4 is 0 Å². The molecule has 0 N–H and O–H groups in total. The van der Waals surface area contributed by atoms with E-state index in [-0.39, 0.29) is 20.0 Å². The number of morpholine rings is 1. The van der Waals surface area contributed by atoms with E-state index >= 15 is 0 Å². The van der Waals surface area contributed by atoms with Gasteiger partial charge in [-0.1, -0.05) is 34.8 Å². The molecule has 1 fully saturated rings. The zero-order valence-electron chi connectivity index (χ0n) is 9.20. The molecule has 0 aromatic heterocycles. The Labute approximate surface area is 120 Å². The Bertz CT molecular complexity index is 556. The van der Waals surface area contributed by atoms with E-state index in [1.54, 1.807) is 0 Å². The van der Waals surface area contributed by atoms with E-state index in [0.717, 1.165) is 0 Å². The first-order valence-electron chi connectivity index (χ1n) is 5.15. The highest BCUT2D eigenvalue weighted by Gasteiger charge is 2.29. The SMILES string of the molecule is O=S(=O)(c1cc(Cl)c(Cl)cc1Cl)N1CCOCC1. The minimum Gasteiger partial charge on any atom is -0.379 e. The van der Waals surface area contributed by atoms with Crippen molar-refractivity contribution in [3.63, 3.8) is 0 Å². The number of halogens is 3. The molecule has 18 heavy (non-hydrogen) atoms. The second-order valence-corrected chi connectivity index (χ2v) is 6.84. The molecule has 0 spiro atoms. The molecule has 0 bridgehead atoms. The van der Waals surface area contributed by atoms with Gasteiger partial charge in [0.05, 0.1) is 28.3 Å². The van der Waals surface area contributed by atoms with Crippen molar-refractivity contribution in [3.8, 4) is 0 Å². The average Bonchev–Trinajstić information content (AvgIpc) is 2.34. The van der Waals surface area contributed by atoms with Gasteiger partial charge >= 0.3 is 0 Å². The maximum atomic E-state index is 12.4. The quantitative estimate of drug-likeness (QED) is 0.783. The van der Waals surface area contributed by atoms with E-state index in [1.807, 2.05) is 0 Å². The third-order valence-electron chi connectivity index (χ3n) is 2.56. The summed E-state index contributed by atoms with van der Waals surface area (Å²) in [4.78, 5) is -0.0273. The van der Waals surface area contributed by atoms with E-state index in [2.05, 4.69) is 0 Å². The van der Waals surface area contributed by atoms with Crippen LogP contribution in [0.4, 0.5) is 0 Å². The van der Waals surface area contributed by atoms with Crippen molar-refractivity contribution in [1.29, 1.82) is 0 Å². The second kappa shape index (κ2) is 5.53. The number of hydrogen-bond donors (Lipinski definition) is 0. The summed E-state index contributed by atoms with van der Waals surface area (Å²) in [7, 11) is -3.65. The van der Waals surface area contributed by atoms with Gasteiger partial charge in [0.25, 0.3) is 0 Å². The lowest BCUT2D eigenvalue weighted by atomic mass is 10.4. The molecule has 100 valence electrons. The Morgan fingerprint density at radius 3 is 2.17 bits per heavy atom. The standard InChI is InChI=1S/C10H10Cl3NO3S/c11-7-5-9(13)10(6-8(7)12)18(15,16)14-1-3-17-4-2-14/h5-6H,1-4H2. The minimum absolute atomic E-state index is 0.0273. The molecular weight excluding hydrogens is 321 g/mol. The molecule has 0 amide bonds. The molecule has 8 heteroatoms. The molecule has 2 rings (SSSR count). The smallest absolute Gasteiger partial charge is 0.244 e. The Balaban J connectivity index is 2.43. The third-order valence-corrected chi connectivity index (χ3v) is 5.65. The summed E-state index contributed by atoms with van der Waals surface area (Å²) in [5.74, 6) is 0. The molecule has 0 saturated carbocycles. The van der Waals surface area contributed by atoms with Gasteiger partial charge in [0, 0.05) is 13.1 Å². The number of hydrogen-bond acceptors (Lipinski definition) is 3. The zero-order valence-corrected chi connectivity index (χ0v) is 12.3. The van der Waals surface area contributed by atoms with Gasteiger partial charge < -0.3 is 4.74 Å². The van der Waals surface area contributed by atoms with Gasteiger partial charge in [-0.2, -0.15) is 4.31 Å². The fourth-order valence-corrected chi connectivity index (χ4v) is 4.01. The predicted octanol–water partition coefficient (Wildman–Crippen LogP) is 2.67. The molecule has 4 nitrogen and oxygen atoms in total. The van der Waals surface area contributed by atoms with Gasteiger partial charge in [-0.3, -0.25) is 0 Å². The fourth-order valence-electron chi connectivity index (χ4n) is 1.63. The van der Waals surface area contributed by atoms with Crippen LogP contribution in [-0.4, -0.2) is 39.0 Å². The van der Waals surface area contributed by atoms with Crippen molar-refractivity contribution in [2.45, 2.75) is 4.90 Å². The van der Waals surface area contributed by atoms with Gasteiger partial charge in [-0.15, -0.1) is 0 Å². The Morgan fingerprint density at radius 1 is 1.00 bits per heavy atom. The largest absolute Gasteiger partial charge is 0.379 e. The minimum atomic E-state index is -3.65. The number of sulfonamides is 1. The van der Waals surface area contributed by atoms with Gasteiger partial charge in [-0.25, -0.2) is 8.42 Å². The van der Waals surface area contributed by atoms with E-state index in [4.69, 9.17) is 39.5 Å². The van der Waals surface area contributed by atoms with Crippen LogP contribution in [0.1, 0.15) is 0 Å². The Kier molecular flexibility index (Phi) is 4.41. The number of ether oxygens (including phenoxy) is 1. The number of benzene rings is 1. The van der Waals surface area contributed by atoms with Gasteiger partial charge in [0.2, 0.25) is 10.0 Å². The van der Waals surface area contributed by atoms with E-state index in [1.165, 1.54) is 16.4 Å². The van der Waals surface area contributed by atoms with Crippen molar-refractivity contribution in [2.75, 3.05) is 26.3 Å². The summed E-state index contributed by atoms with van der Waals surface area (Å²) in [6.07, 6.45) is 0. The van der Waals surface area contributed by atoms with Crippen LogP contribution in [-0.2, 0) is 14.8 Å². The van der Waals surface area contributed by atoms with Crippen LogP contribution in [0.3, 0.4) is 0 Å². The van der Waals surface area contributed by atoms with Crippen LogP contribution in [0.15, 0.2) is 17.0 Å². The molecule has 0 radical (unpaired) electrons. The van der Waals surface area contributed by atoms with Crippen LogP contribution in [0.25, 0.3) is 0 Å². The first kappa shape index (κ1) is 14.4. The molecule has 0 aliphatic carbocycles. The highest BCUT2D eigenvalue weighted by atomic mass is 35.5. The zero-order chi connectivity index (χ0) is 13.3. The van der Waals surface area contributed by atoms with Gasteiger partial charge in [0.15, 0.2) is 0 Å². The third kappa shape index (κ3) is 2.76. The first-order valence-corrected chi connectivity index (χ1v) is 7.73. The molecule has 0 atom stereocenters. The summed E-state index contributed by atoms with van der Waals surface area (Å²) in [6, 6.07) is 2.61. The van der Waals surface area contributed by atoms with Crippen molar-refractivity contribution >= 4 is 44.8 Å². The van der Waals surface area contributed by atoms with Crippen LogP contribution in [0.2, 0.25) is 15.1 Å². The van der Waals surface area contributed by atoms with Gasteiger partial charge in [0.1, 0.15) is 4.90 Å². The molecule has 1 aromatic carbocycles. The molecule has 0 unspecified atom stereocenters. The summed E-state index contributed by atoms with van der Waals surface area (Å²) < 4.78 is 31.2. The lowest BCUT2D eigenvalue weighted by Crippen LogP contribution is -2.40. The van der Waals surface area contributed by atoms with Crippen molar-refractivity contribution in [2.24, 2.45) is 0 Å². The van der Waals surface area contributed by atoms with E-state index in [9.17, 15) is 8.42 Å². The molecule has 1 aliphatic heterocycles. The van der Waals surface area contributed by atoms with Crippen LogP contribution >= 0.6 is 34.8 Å². The summed E-state index contributed by atoms with van der Waals surface area (Å²) in [6.45, 7) is 1.36.